The third-order valence-electron chi connectivity index (χ3n) is 6.09. The highest BCUT2D eigenvalue weighted by atomic mass is 16.7. The molecule has 0 aliphatic heterocycles. The number of hydrogen-bond donors (Lipinski definition) is 0. The summed E-state index contributed by atoms with van der Waals surface area (Å²) in [5.41, 5.74) is 0. The molecule has 0 N–H and O–H groups in total. The molecule has 5 heteroatoms. The van der Waals surface area contributed by atoms with Crippen LogP contribution in [0.15, 0.2) is 84.9 Å². The largest absolute Gasteiger partial charge is 0.788 e. The van der Waals surface area contributed by atoms with E-state index >= 15 is 0 Å². The normalized spacial score (nSPS) is 12.6. The molecule has 0 saturated heterocycles. The number of benzene rings is 4. The SMILES string of the molecule is CCCCCC(C[N+](C)(C)C)OB(Oc1ccc2ccccc2c1)Oc1ccc2ccccc2c1. The molecule has 1 atom stereocenters. The maximum Gasteiger partial charge on any atom is 0.788 e. The molecule has 0 saturated carbocycles. The number of rotatable bonds is 12. The van der Waals surface area contributed by atoms with E-state index in [9.17, 15) is 0 Å². The van der Waals surface area contributed by atoms with Crippen molar-refractivity contribution in [2.24, 2.45) is 0 Å². The fourth-order valence-electron chi connectivity index (χ4n) is 4.38. The number of nitrogens with zero attached hydrogens (tertiary/aromatic N) is 1. The molecule has 4 aromatic carbocycles. The number of quaternary nitrogens is 1. The van der Waals surface area contributed by atoms with E-state index in [1.165, 1.54) is 23.6 Å². The van der Waals surface area contributed by atoms with Crippen LogP contribution in [-0.4, -0.2) is 45.6 Å². The van der Waals surface area contributed by atoms with Gasteiger partial charge in [0.25, 0.3) is 0 Å². The second kappa shape index (κ2) is 11.6. The molecule has 35 heavy (non-hydrogen) atoms. The Morgan fingerprint density at radius 1 is 0.686 bits per heavy atom. The summed E-state index contributed by atoms with van der Waals surface area (Å²) in [6, 6.07) is 28.7. The first-order valence-corrected chi connectivity index (χ1v) is 12.7. The number of fused-ring (bicyclic) bond motifs is 2. The summed E-state index contributed by atoms with van der Waals surface area (Å²) < 4.78 is 20.0. The maximum absolute atomic E-state index is 6.55. The zero-order chi connectivity index (χ0) is 24.7. The van der Waals surface area contributed by atoms with E-state index in [0.29, 0.717) is 0 Å². The van der Waals surface area contributed by atoms with Gasteiger partial charge in [0.05, 0.1) is 27.2 Å². The lowest BCUT2D eigenvalue weighted by Crippen LogP contribution is -2.46. The standard InChI is InChI=1S/C30H37BNO3/c1-5-6-7-16-30(23-32(2,3)4)35-31(33-28-19-17-24-12-8-10-14-26(24)21-28)34-29-20-18-25-13-9-11-15-27(25)22-29/h8-15,17-22,30H,5-7,16,23H2,1-4H3/q+1. The number of likely N-dealkylation sites (N-methyl/N-ethyl adjacent to an activating group) is 1. The predicted octanol–water partition coefficient (Wildman–Crippen LogP) is 7.11. The van der Waals surface area contributed by atoms with Gasteiger partial charge in [0, 0.05) is 0 Å². The van der Waals surface area contributed by atoms with E-state index in [4.69, 9.17) is 14.0 Å². The average Bonchev–Trinajstić information content (AvgIpc) is 2.83. The van der Waals surface area contributed by atoms with Crippen LogP contribution < -0.4 is 9.31 Å². The van der Waals surface area contributed by atoms with Crippen molar-refractivity contribution in [3.05, 3.63) is 84.9 Å². The summed E-state index contributed by atoms with van der Waals surface area (Å²) in [7, 11) is 5.73. The topological polar surface area (TPSA) is 27.7 Å². The van der Waals surface area contributed by atoms with Gasteiger partial charge in [-0.05, 0) is 52.2 Å². The van der Waals surface area contributed by atoms with Gasteiger partial charge in [-0.3, -0.25) is 0 Å². The molecule has 0 amide bonds. The van der Waals surface area contributed by atoms with Crippen LogP contribution in [0.25, 0.3) is 21.5 Å². The van der Waals surface area contributed by atoms with Crippen molar-refractivity contribution in [3.63, 3.8) is 0 Å². The zero-order valence-corrected chi connectivity index (χ0v) is 21.4. The lowest BCUT2D eigenvalue weighted by Gasteiger charge is -2.30. The van der Waals surface area contributed by atoms with E-state index in [-0.39, 0.29) is 6.10 Å². The van der Waals surface area contributed by atoms with E-state index in [2.05, 4.69) is 64.5 Å². The van der Waals surface area contributed by atoms with Gasteiger partial charge in [-0.2, -0.15) is 0 Å². The van der Waals surface area contributed by atoms with Crippen LogP contribution >= 0.6 is 0 Å². The summed E-state index contributed by atoms with van der Waals surface area (Å²) in [4.78, 5) is 0. The highest BCUT2D eigenvalue weighted by Crippen LogP contribution is 2.25. The van der Waals surface area contributed by atoms with Gasteiger partial charge in [0.15, 0.2) is 0 Å². The summed E-state index contributed by atoms with van der Waals surface area (Å²) >= 11 is 0. The molecule has 4 aromatic rings. The Hall–Kier alpha value is -3.02. The Kier molecular flexibility index (Phi) is 8.32. The molecular weight excluding hydrogens is 433 g/mol. The van der Waals surface area contributed by atoms with Crippen molar-refractivity contribution in [2.45, 2.75) is 38.7 Å². The highest BCUT2D eigenvalue weighted by Gasteiger charge is 2.33. The molecule has 0 fully saturated rings. The molecule has 0 aromatic heterocycles. The molecular formula is C30H37BNO3+. The monoisotopic (exact) mass is 470 g/mol. The van der Waals surface area contributed by atoms with Gasteiger partial charge in [0.2, 0.25) is 0 Å². The third kappa shape index (κ3) is 7.48. The van der Waals surface area contributed by atoms with E-state index in [1.54, 1.807) is 0 Å². The van der Waals surface area contributed by atoms with Crippen LogP contribution in [0.5, 0.6) is 11.5 Å². The van der Waals surface area contributed by atoms with Crippen molar-refractivity contribution < 1.29 is 18.4 Å². The van der Waals surface area contributed by atoms with Gasteiger partial charge in [-0.15, -0.1) is 0 Å². The van der Waals surface area contributed by atoms with Crippen molar-refractivity contribution in [1.29, 1.82) is 0 Å². The lowest BCUT2D eigenvalue weighted by molar-refractivity contribution is -0.873. The molecule has 4 nitrogen and oxygen atoms in total. The Morgan fingerprint density at radius 2 is 1.20 bits per heavy atom. The first-order chi connectivity index (χ1) is 16.9. The molecule has 0 spiro atoms. The molecule has 0 bridgehead atoms. The molecule has 1 unspecified atom stereocenters. The minimum absolute atomic E-state index is 0.0208. The Labute approximate surface area is 210 Å². The van der Waals surface area contributed by atoms with Crippen molar-refractivity contribution >= 4 is 28.9 Å². The van der Waals surface area contributed by atoms with Crippen LogP contribution in [0, 0.1) is 0 Å². The zero-order valence-electron chi connectivity index (χ0n) is 21.4. The minimum atomic E-state index is -0.851. The molecule has 0 heterocycles. The quantitative estimate of drug-likeness (QED) is 0.126. The Balaban J connectivity index is 1.59. The van der Waals surface area contributed by atoms with Gasteiger partial charge in [-0.1, -0.05) is 86.8 Å². The van der Waals surface area contributed by atoms with Crippen LogP contribution in [-0.2, 0) is 4.65 Å². The second-order valence-corrected chi connectivity index (χ2v) is 10.3. The molecule has 0 radical (unpaired) electrons. The molecule has 0 aliphatic carbocycles. The summed E-state index contributed by atoms with van der Waals surface area (Å²) in [6.07, 6.45) is 4.50. The maximum atomic E-state index is 6.55. The minimum Gasteiger partial charge on any atom is -0.501 e. The fourth-order valence-corrected chi connectivity index (χ4v) is 4.38. The molecule has 0 aliphatic rings. The molecule has 4 rings (SSSR count). The van der Waals surface area contributed by atoms with Gasteiger partial charge < -0.3 is 18.4 Å². The van der Waals surface area contributed by atoms with Crippen LogP contribution in [0.4, 0.5) is 0 Å². The van der Waals surface area contributed by atoms with E-state index in [0.717, 1.165) is 46.1 Å². The Bertz CT molecular complexity index is 1160. The van der Waals surface area contributed by atoms with Gasteiger partial charge in [0.1, 0.15) is 18.0 Å². The Morgan fingerprint density at radius 3 is 1.69 bits per heavy atom. The summed E-state index contributed by atoms with van der Waals surface area (Å²) in [5.74, 6) is 1.46. The van der Waals surface area contributed by atoms with Gasteiger partial charge >= 0.3 is 7.32 Å². The lowest BCUT2D eigenvalue weighted by atomic mass is 10.1. The number of unbranched alkanes of at least 4 members (excludes halogenated alkanes) is 2. The van der Waals surface area contributed by atoms with E-state index < -0.39 is 7.32 Å². The second-order valence-electron chi connectivity index (χ2n) is 10.3. The summed E-state index contributed by atoms with van der Waals surface area (Å²) in [5, 5.41) is 4.60. The molecule has 182 valence electrons. The smallest absolute Gasteiger partial charge is 0.501 e. The third-order valence-corrected chi connectivity index (χ3v) is 6.09. The fraction of sp³-hybridized carbons (Fsp3) is 0.333. The first-order valence-electron chi connectivity index (χ1n) is 12.7. The van der Waals surface area contributed by atoms with Crippen LogP contribution in [0.2, 0.25) is 0 Å². The van der Waals surface area contributed by atoms with Crippen molar-refractivity contribution in [2.75, 3.05) is 27.7 Å². The predicted molar refractivity (Wildman–Crippen MR) is 147 cm³/mol. The number of hydrogen-bond acceptors (Lipinski definition) is 3. The first kappa shape index (κ1) is 25.1. The van der Waals surface area contributed by atoms with Crippen LogP contribution in [0.3, 0.4) is 0 Å². The average molecular weight is 470 g/mol. The van der Waals surface area contributed by atoms with Crippen molar-refractivity contribution in [3.8, 4) is 11.5 Å². The summed E-state index contributed by atoms with van der Waals surface area (Å²) in [6.45, 7) is 3.10. The van der Waals surface area contributed by atoms with Crippen LogP contribution in [0.1, 0.15) is 32.6 Å². The highest BCUT2D eigenvalue weighted by molar-refractivity contribution is 6.38. The van der Waals surface area contributed by atoms with Gasteiger partial charge in [-0.25, -0.2) is 0 Å². The van der Waals surface area contributed by atoms with E-state index in [1.807, 2.05) is 48.5 Å². The van der Waals surface area contributed by atoms with Crippen molar-refractivity contribution in [1.82, 2.24) is 0 Å².